The van der Waals surface area contributed by atoms with Crippen LogP contribution in [0.4, 0.5) is 5.69 Å². The van der Waals surface area contributed by atoms with E-state index in [4.69, 9.17) is 11.6 Å². The van der Waals surface area contributed by atoms with Gasteiger partial charge in [0.1, 0.15) is 0 Å². The fraction of sp³-hybridized carbons (Fsp3) is 0.316. The monoisotopic (exact) mass is 394 g/mol. The minimum atomic E-state index is -3.45. The Bertz CT molecular complexity index is 860. The van der Waals surface area contributed by atoms with Gasteiger partial charge in [-0.05, 0) is 54.8 Å². The molecule has 0 saturated heterocycles. The van der Waals surface area contributed by atoms with Crippen molar-refractivity contribution in [2.45, 2.75) is 20.3 Å². The maximum atomic E-state index is 12.2. The van der Waals surface area contributed by atoms with Gasteiger partial charge < -0.3 is 5.32 Å². The number of nitrogens with one attached hydrogen (secondary N) is 1. The normalized spacial score (nSPS) is 11.2. The lowest BCUT2D eigenvalue weighted by molar-refractivity contribution is -0.120. The molecule has 0 fully saturated rings. The number of anilines is 1. The third-order valence-corrected chi connectivity index (χ3v) is 5.26. The van der Waals surface area contributed by atoms with Gasteiger partial charge in [0.25, 0.3) is 0 Å². The summed E-state index contributed by atoms with van der Waals surface area (Å²) in [6.07, 6.45) is 1.39. The van der Waals surface area contributed by atoms with Crippen molar-refractivity contribution in [3.8, 4) is 0 Å². The summed E-state index contributed by atoms with van der Waals surface area (Å²) in [6, 6.07) is 12.7. The molecule has 2 aromatic rings. The second-order valence-corrected chi connectivity index (χ2v) is 8.68. The van der Waals surface area contributed by atoms with Crippen LogP contribution in [-0.4, -0.2) is 33.7 Å². The number of hydrogen-bond acceptors (Lipinski definition) is 3. The van der Waals surface area contributed by atoms with Crippen molar-refractivity contribution in [3.05, 3.63) is 64.2 Å². The van der Waals surface area contributed by atoms with E-state index in [1.54, 1.807) is 24.3 Å². The molecule has 0 heterocycles. The highest BCUT2D eigenvalue weighted by molar-refractivity contribution is 7.92. The quantitative estimate of drug-likeness (QED) is 0.784. The molecule has 5 nitrogen and oxygen atoms in total. The first-order valence-electron chi connectivity index (χ1n) is 8.22. The number of rotatable bonds is 7. The number of benzene rings is 2. The lowest BCUT2D eigenvalue weighted by Crippen LogP contribution is -2.38. The summed E-state index contributed by atoms with van der Waals surface area (Å²) < 4.78 is 25.6. The maximum Gasteiger partial charge on any atom is 0.232 e. The van der Waals surface area contributed by atoms with Crippen LogP contribution in [-0.2, 0) is 21.2 Å². The zero-order valence-corrected chi connectivity index (χ0v) is 16.7. The Hall–Kier alpha value is -2.05. The summed E-state index contributed by atoms with van der Waals surface area (Å²) in [4.78, 5) is 12.1. The summed E-state index contributed by atoms with van der Waals surface area (Å²) in [7, 11) is -3.45. The molecule has 0 bridgehead atoms. The standard InChI is InChI=1S/C19H23ClN2O3S/c1-14-10-15(2)12-18(11-14)22(26(3,24)25)9-8-21-19(23)13-16-4-6-17(20)7-5-16/h4-7,10-12H,8-9,13H2,1-3H3,(H,21,23). The molecule has 1 N–H and O–H groups in total. The van der Waals surface area contributed by atoms with Crippen molar-refractivity contribution in [1.29, 1.82) is 0 Å². The molecular formula is C19H23ClN2O3S. The highest BCUT2D eigenvalue weighted by atomic mass is 35.5. The van der Waals surface area contributed by atoms with Gasteiger partial charge in [-0.15, -0.1) is 0 Å². The molecule has 0 aliphatic carbocycles. The highest BCUT2D eigenvalue weighted by Gasteiger charge is 2.18. The van der Waals surface area contributed by atoms with Crippen LogP contribution in [0.5, 0.6) is 0 Å². The third kappa shape index (κ3) is 6.04. The van der Waals surface area contributed by atoms with E-state index in [2.05, 4.69) is 5.32 Å². The molecule has 0 spiro atoms. The summed E-state index contributed by atoms with van der Waals surface area (Å²) in [5.41, 5.74) is 3.43. The summed E-state index contributed by atoms with van der Waals surface area (Å²) >= 11 is 5.83. The van der Waals surface area contributed by atoms with Crippen LogP contribution in [0.3, 0.4) is 0 Å². The number of sulfonamides is 1. The molecule has 140 valence electrons. The fourth-order valence-corrected chi connectivity index (χ4v) is 3.77. The Balaban J connectivity index is 1.99. The maximum absolute atomic E-state index is 12.2. The topological polar surface area (TPSA) is 66.5 Å². The number of amides is 1. The van der Waals surface area contributed by atoms with Crippen molar-refractivity contribution >= 4 is 33.2 Å². The van der Waals surface area contributed by atoms with Crippen molar-refractivity contribution in [1.82, 2.24) is 5.32 Å². The van der Waals surface area contributed by atoms with Gasteiger partial charge >= 0.3 is 0 Å². The van der Waals surface area contributed by atoms with Gasteiger partial charge in [-0.25, -0.2) is 8.42 Å². The fourth-order valence-electron chi connectivity index (χ4n) is 2.73. The molecule has 0 radical (unpaired) electrons. The second-order valence-electron chi connectivity index (χ2n) is 6.33. The zero-order valence-electron chi connectivity index (χ0n) is 15.1. The average Bonchev–Trinajstić information content (AvgIpc) is 2.51. The highest BCUT2D eigenvalue weighted by Crippen LogP contribution is 2.20. The third-order valence-electron chi connectivity index (χ3n) is 3.81. The van der Waals surface area contributed by atoms with Crippen molar-refractivity contribution in [2.75, 3.05) is 23.7 Å². The van der Waals surface area contributed by atoms with Gasteiger partial charge in [-0.1, -0.05) is 29.8 Å². The predicted octanol–water partition coefficient (Wildman–Crippen LogP) is 3.08. The minimum absolute atomic E-state index is 0.166. The molecule has 0 aliphatic heterocycles. The van der Waals surface area contributed by atoms with Crippen molar-refractivity contribution in [3.63, 3.8) is 0 Å². The van der Waals surface area contributed by atoms with Gasteiger partial charge in [0.15, 0.2) is 0 Å². The number of carbonyl (C=O) groups is 1. The molecule has 26 heavy (non-hydrogen) atoms. The number of carbonyl (C=O) groups excluding carboxylic acids is 1. The van der Waals surface area contributed by atoms with Crippen LogP contribution in [0, 0.1) is 13.8 Å². The van der Waals surface area contributed by atoms with Crippen LogP contribution >= 0.6 is 11.6 Å². The van der Waals surface area contributed by atoms with E-state index in [9.17, 15) is 13.2 Å². The largest absolute Gasteiger partial charge is 0.354 e. The summed E-state index contributed by atoms with van der Waals surface area (Å²) in [6.45, 7) is 4.25. The van der Waals surface area contributed by atoms with Gasteiger partial charge in [-0.2, -0.15) is 0 Å². The molecule has 0 atom stereocenters. The van der Waals surface area contributed by atoms with E-state index in [-0.39, 0.29) is 25.4 Å². The molecule has 2 aromatic carbocycles. The van der Waals surface area contributed by atoms with E-state index in [0.29, 0.717) is 10.7 Å². The Morgan fingerprint density at radius 1 is 1.08 bits per heavy atom. The smallest absolute Gasteiger partial charge is 0.232 e. The number of halogens is 1. The molecule has 2 rings (SSSR count). The molecule has 7 heteroatoms. The Morgan fingerprint density at radius 2 is 1.65 bits per heavy atom. The predicted molar refractivity (Wildman–Crippen MR) is 106 cm³/mol. The number of nitrogens with zero attached hydrogens (tertiary/aromatic N) is 1. The Morgan fingerprint density at radius 3 is 2.19 bits per heavy atom. The molecule has 0 saturated carbocycles. The zero-order chi connectivity index (χ0) is 19.3. The first-order valence-corrected chi connectivity index (χ1v) is 10.4. The molecule has 0 aliphatic rings. The Labute approximate surface area is 160 Å². The van der Waals surface area contributed by atoms with E-state index >= 15 is 0 Å². The molecule has 0 unspecified atom stereocenters. The van der Waals surface area contributed by atoms with Gasteiger partial charge in [-0.3, -0.25) is 9.10 Å². The van der Waals surface area contributed by atoms with Gasteiger partial charge in [0, 0.05) is 11.6 Å². The molecule has 0 aromatic heterocycles. The van der Waals surface area contributed by atoms with Crippen LogP contribution in [0.2, 0.25) is 5.02 Å². The number of hydrogen-bond donors (Lipinski definition) is 1. The average molecular weight is 395 g/mol. The SMILES string of the molecule is Cc1cc(C)cc(N(CCNC(=O)Cc2ccc(Cl)cc2)S(C)(=O)=O)c1. The van der Waals surface area contributed by atoms with E-state index in [1.807, 2.05) is 32.0 Å². The first kappa shape index (κ1) is 20.3. The number of aryl methyl sites for hydroxylation is 2. The van der Waals surface area contributed by atoms with E-state index in [0.717, 1.165) is 16.7 Å². The van der Waals surface area contributed by atoms with Crippen LogP contribution < -0.4 is 9.62 Å². The lowest BCUT2D eigenvalue weighted by Gasteiger charge is -2.23. The summed E-state index contributed by atoms with van der Waals surface area (Å²) in [5.74, 6) is -0.166. The van der Waals surface area contributed by atoms with Crippen molar-refractivity contribution < 1.29 is 13.2 Å². The van der Waals surface area contributed by atoms with Crippen LogP contribution in [0.1, 0.15) is 16.7 Å². The van der Waals surface area contributed by atoms with Gasteiger partial charge in [0.2, 0.25) is 15.9 Å². The van der Waals surface area contributed by atoms with Gasteiger partial charge in [0.05, 0.1) is 24.9 Å². The minimum Gasteiger partial charge on any atom is -0.354 e. The van der Waals surface area contributed by atoms with Crippen LogP contribution in [0.25, 0.3) is 0 Å². The summed E-state index contributed by atoms with van der Waals surface area (Å²) in [5, 5.41) is 3.39. The first-order chi connectivity index (χ1) is 12.1. The van der Waals surface area contributed by atoms with Crippen LogP contribution in [0.15, 0.2) is 42.5 Å². The lowest BCUT2D eigenvalue weighted by atomic mass is 10.1. The Kier molecular flexibility index (Phi) is 6.67. The second kappa shape index (κ2) is 8.56. The van der Waals surface area contributed by atoms with Crippen molar-refractivity contribution in [2.24, 2.45) is 0 Å². The molecule has 1 amide bonds. The van der Waals surface area contributed by atoms with E-state index in [1.165, 1.54) is 10.6 Å². The molecular weight excluding hydrogens is 372 g/mol. The van der Waals surface area contributed by atoms with E-state index < -0.39 is 10.0 Å².